The Kier molecular flexibility index (Phi) is 5.84. The molecule has 1 fully saturated rings. The molecule has 0 spiro atoms. The third-order valence-corrected chi connectivity index (χ3v) is 3.23. The van der Waals surface area contributed by atoms with Gasteiger partial charge in [-0.25, -0.2) is 14.5 Å². The molecule has 6 heteroatoms. The molecule has 2 N–H and O–H groups in total. The van der Waals surface area contributed by atoms with E-state index in [1.54, 1.807) is 41.5 Å². The molecule has 128 valence electrons. The summed E-state index contributed by atoms with van der Waals surface area (Å²) in [5.41, 5.74) is 4.64. The number of hydrogen-bond acceptors (Lipinski definition) is 5. The summed E-state index contributed by atoms with van der Waals surface area (Å²) >= 11 is 0. The molecule has 1 aliphatic carbocycles. The van der Waals surface area contributed by atoms with Crippen LogP contribution in [-0.4, -0.2) is 40.4 Å². The van der Waals surface area contributed by atoms with Crippen LogP contribution in [-0.2, 0) is 9.47 Å². The Morgan fingerprint density at radius 3 is 1.77 bits per heavy atom. The van der Waals surface area contributed by atoms with Gasteiger partial charge in [0, 0.05) is 12.1 Å². The molecule has 2 amide bonds. The topological polar surface area (TPSA) is 81.9 Å². The standard InChI is InChI=1S/C16H30N2O4/c1-15(2,3)21-13(19)18(14(20)22-16(4,5)6)12-9-7-8-11(17)10-12/h11-12H,7-10,17H2,1-6H3. The summed E-state index contributed by atoms with van der Waals surface area (Å²) in [5, 5.41) is 0. The molecule has 0 heterocycles. The minimum Gasteiger partial charge on any atom is -0.443 e. The highest BCUT2D eigenvalue weighted by Crippen LogP contribution is 2.25. The Morgan fingerprint density at radius 1 is 0.955 bits per heavy atom. The van der Waals surface area contributed by atoms with Crippen LogP contribution in [0, 0.1) is 0 Å². The lowest BCUT2D eigenvalue weighted by molar-refractivity contribution is -0.0112. The van der Waals surface area contributed by atoms with Crippen molar-refractivity contribution in [2.45, 2.75) is 90.5 Å². The summed E-state index contributed by atoms with van der Waals surface area (Å²) in [6.45, 7) is 10.6. The van der Waals surface area contributed by atoms with Gasteiger partial charge in [0.1, 0.15) is 11.2 Å². The van der Waals surface area contributed by atoms with Crippen molar-refractivity contribution in [3.05, 3.63) is 0 Å². The normalized spacial score (nSPS) is 22.9. The molecule has 2 unspecified atom stereocenters. The molecule has 0 aromatic rings. The average molecular weight is 314 g/mol. The number of amides is 2. The number of nitrogens with zero attached hydrogens (tertiary/aromatic N) is 1. The van der Waals surface area contributed by atoms with Crippen LogP contribution >= 0.6 is 0 Å². The number of carbonyl (C=O) groups is 2. The monoisotopic (exact) mass is 314 g/mol. The lowest BCUT2D eigenvalue weighted by Crippen LogP contribution is -2.51. The van der Waals surface area contributed by atoms with Gasteiger partial charge < -0.3 is 15.2 Å². The van der Waals surface area contributed by atoms with E-state index in [-0.39, 0.29) is 12.1 Å². The zero-order chi connectivity index (χ0) is 17.1. The van der Waals surface area contributed by atoms with E-state index in [4.69, 9.17) is 15.2 Å². The Hall–Kier alpha value is -1.30. The minimum absolute atomic E-state index is 0.00822. The van der Waals surface area contributed by atoms with Crippen LogP contribution in [0.4, 0.5) is 9.59 Å². The number of rotatable bonds is 1. The SMILES string of the molecule is CC(C)(C)OC(=O)N(C(=O)OC(C)(C)C)C1CCCC(N)C1. The van der Waals surface area contributed by atoms with Crippen LogP contribution in [0.15, 0.2) is 0 Å². The maximum Gasteiger partial charge on any atom is 0.420 e. The third kappa shape index (κ3) is 6.22. The zero-order valence-electron chi connectivity index (χ0n) is 14.6. The lowest BCUT2D eigenvalue weighted by Gasteiger charge is -2.36. The summed E-state index contributed by atoms with van der Waals surface area (Å²) in [4.78, 5) is 26.0. The number of carbonyl (C=O) groups excluding carboxylic acids is 2. The fourth-order valence-corrected chi connectivity index (χ4v) is 2.43. The van der Waals surface area contributed by atoms with E-state index >= 15 is 0 Å². The van der Waals surface area contributed by atoms with E-state index in [2.05, 4.69) is 0 Å². The third-order valence-electron chi connectivity index (χ3n) is 3.23. The molecule has 0 aromatic heterocycles. The second-order valence-corrected chi connectivity index (χ2v) is 7.91. The van der Waals surface area contributed by atoms with Gasteiger partial charge in [-0.05, 0) is 67.2 Å². The summed E-state index contributed by atoms with van der Waals surface area (Å²) in [6.07, 6.45) is 1.77. The highest BCUT2D eigenvalue weighted by molar-refractivity contribution is 5.88. The lowest BCUT2D eigenvalue weighted by atomic mass is 9.91. The maximum atomic E-state index is 12.5. The van der Waals surface area contributed by atoms with E-state index < -0.39 is 23.4 Å². The van der Waals surface area contributed by atoms with Crippen molar-refractivity contribution in [3.63, 3.8) is 0 Å². The molecular weight excluding hydrogens is 284 g/mol. The zero-order valence-corrected chi connectivity index (χ0v) is 14.6. The quantitative estimate of drug-likeness (QED) is 0.802. The van der Waals surface area contributed by atoms with Gasteiger partial charge in [-0.2, -0.15) is 0 Å². The van der Waals surface area contributed by atoms with Crippen molar-refractivity contribution < 1.29 is 19.1 Å². The van der Waals surface area contributed by atoms with Crippen molar-refractivity contribution in [1.82, 2.24) is 4.90 Å². The predicted molar refractivity (Wildman–Crippen MR) is 84.5 cm³/mol. The molecule has 22 heavy (non-hydrogen) atoms. The van der Waals surface area contributed by atoms with Crippen LogP contribution in [0.1, 0.15) is 67.2 Å². The van der Waals surface area contributed by atoms with Gasteiger partial charge in [-0.15, -0.1) is 0 Å². The van der Waals surface area contributed by atoms with Crippen LogP contribution in [0.2, 0.25) is 0 Å². The summed E-state index contributed by atoms with van der Waals surface area (Å²) in [5.74, 6) is 0. The Balaban J connectivity index is 2.93. The number of nitrogens with two attached hydrogens (primary N) is 1. The molecule has 1 aliphatic rings. The summed E-state index contributed by atoms with van der Waals surface area (Å²) in [6, 6.07) is -0.278. The second kappa shape index (κ2) is 6.86. The van der Waals surface area contributed by atoms with Gasteiger partial charge in [0.2, 0.25) is 0 Å². The maximum absolute atomic E-state index is 12.5. The minimum atomic E-state index is -0.672. The first-order chi connectivity index (χ1) is 9.89. The first-order valence-corrected chi connectivity index (χ1v) is 7.90. The van der Waals surface area contributed by atoms with E-state index in [0.29, 0.717) is 6.42 Å². The van der Waals surface area contributed by atoms with Gasteiger partial charge in [0.05, 0.1) is 0 Å². The molecule has 6 nitrogen and oxygen atoms in total. The highest BCUT2D eigenvalue weighted by atomic mass is 16.6. The second-order valence-electron chi connectivity index (χ2n) is 7.91. The van der Waals surface area contributed by atoms with Crippen molar-refractivity contribution in [1.29, 1.82) is 0 Å². The molecule has 0 saturated heterocycles. The highest BCUT2D eigenvalue weighted by Gasteiger charge is 2.38. The fourth-order valence-electron chi connectivity index (χ4n) is 2.43. The van der Waals surface area contributed by atoms with Crippen LogP contribution < -0.4 is 5.73 Å². The largest absolute Gasteiger partial charge is 0.443 e. The van der Waals surface area contributed by atoms with Crippen LogP contribution in [0.25, 0.3) is 0 Å². The van der Waals surface area contributed by atoms with Crippen molar-refractivity contribution in [2.75, 3.05) is 0 Å². The molecule has 1 rings (SSSR count). The predicted octanol–water partition coefficient (Wildman–Crippen LogP) is 3.43. The average Bonchev–Trinajstić information content (AvgIpc) is 2.23. The molecular formula is C16H30N2O4. The van der Waals surface area contributed by atoms with Crippen LogP contribution in [0.3, 0.4) is 0 Å². The molecule has 0 aliphatic heterocycles. The van der Waals surface area contributed by atoms with Crippen LogP contribution in [0.5, 0.6) is 0 Å². The summed E-state index contributed by atoms with van der Waals surface area (Å²) in [7, 11) is 0. The Bertz CT molecular complexity index is 381. The van der Waals surface area contributed by atoms with Crippen molar-refractivity contribution in [2.24, 2.45) is 5.73 Å². The van der Waals surface area contributed by atoms with Gasteiger partial charge in [0.15, 0.2) is 0 Å². The number of hydrogen-bond donors (Lipinski definition) is 1. The number of imide groups is 1. The van der Waals surface area contributed by atoms with Gasteiger partial charge >= 0.3 is 12.2 Å². The van der Waals surface area contributed by atoms with E-state index in [1.807, 2.05) is 0 Å². The molecule has 2 atom stereocenters. The Morgan fingerprint density at radius 2 is 1.41 bits per heavy atom. The van der Waals surface area contributed by atoms with Gasteiger partial charge in [0.25, 0.3) is 0 Å². The molecule has 0 aromatic carbocycles. The molecule has 0 radical (unpaired) electrons. The van der Waals surface area contributed by atoms with Gasteiger partial charge in [-0.3, -0.25) is 0 Å². The van der Waals surface area contributed by atoms with Crippen molar-refractivity contribution in [3.8, 4) is 0 Å². The Labute approximate surface area is 133 Å². The summed E-state index contributed by atoms with van der Waals surface area (Å²) < 4.78 is 10.7. The molecule has 0 bridgehead atoms. The smallest absolute Gasteiger partial charge is 0.420 e. The van der Waals surface area contributed by atoms with Crippen molar-refractivity contribution >= 4 is 12.2 Å². The van der Waals surface area contributed by atoms with E-state index in [9.17, 15) is 9.59 Å². The molecule has 1 saturated carbocycles. The first kappa shape index (κ1) is 18.7. The number of ether oxygens (including phenoxy) is 2. The first-order valence-electron chi connectivity index (χ1n) is 7.90. The van der Waals surface area contributed by atoms with E-state index in [0.717, 1.165) is 24.2 Å². The fraction of sp³-hybridized carbons (Fsp3) is 0.875. The van der Waals surface area contributed by atoms with Gasteiger partial charge in [-0.1, -0.05) is 0 Å². The van der Waals surface area contributed by atoms with E-state index in [1.165, 1.54) is 0 Å².